The molecule has 0 unspecified atom stereocenters. The number of fused-ring (bicyclic) bond motifs is 1. The summed E-state index contributed by atoms with van der Waals surface area (Å²) in [6, 6.07) is 12.3. The number of hydrogen-bond donors (Lipinski definition) is 1. The maximum Gasteiger partial charge on any atom is 0.416 e. The van der Waals surface area contributed by atoms with Crippen molar-refractivity contribution in [3.8, 4) is 0 Å². The van der Waals surface area contributed by atoms with Crippen molar-refractivity contribution in [1.82, 2.24) is 9.88 Å². The highest BCUT2D eigenvalue weighted by Crippen LogP contribution is 2.30. The van der Waals surface area contributed by atoms with E-state index in [2.05, 4.69) is 16.9 Å². The Morgan fingerprint density at radius 1 is 1.03 bits per heavy atom. The Labute approximate surface area is 199 Å². The van der Waals surface area contributed by atoms with Crippen LogP contribution in [-0.2, 0) is 23.9 Å². The summed E-state index contributed by atoms with van der Waals surface area (Å²) in [6.45, 7) is 3.99. The van der Waals surface area contributed by atoms with E-state index in [1.165, 1.54) is 24.4 Å². The van der Waals surface area contributed by atoms with Gasteiger partial charge in [-0.25, -0.2) is 4.98 Å². The van der Waals surface area contributed by atoms with Gasteiger partial charge in [0.05, 0.1) is 5.56 Å². The molecule has 0 spiro atoms. The van der Waals surface area contributed by atoms with Crippen LogP contribution in [0, 0.1) is 0 Å². The van der Waals surface area contributed by atoms with Crippen LogP contribution in [0.25, 0.3) is 0 Å². The molecule has 1 aliphatic rings. The molecule has 1 aromatic heterocycles. The van der Waals surface area contributed by atoms with Crippen LogP contribution in [0.5, 0.6) is 0 Å². The molecule has 6 nitrogen and oxygen atoms in total. The summed E-state index contributed by atoms with van der Waals surface area (Å²) in [6.07, 6.45) is -1.54. The van der Waals surface area contributed by atoms with Crippen molar-refractivity contribution in [2.24, 2.45) is 0 Å². The van der Waals surface area contributed by atoms with Crippen molar-refractivity contribution in [1.29, 1.82) is 0 Å². The molecule has 2 amide bonds. The van der Waals surface area contributed by atoms with E-state index in [9.17, 15) is 27.6 Å². The zero-order valence-electron chi connectivity index (χ0n) is 18.4. The molecule has 178 valence electrons. The summed E-state index contributed by atoms with van der Waals surface area (Å²) >= 11 is 0. The zero-order chi connectivity index (χ0) is 25.2. The number of amides is 2. The van der Waals surface area contributed by atoms with E-state index in [4.69, 9.17) is 0 Å². The van der Waals surface area contributed by atoms with Gasteiger partial charge < -0.3 is 10.2 Å². The van der Waals surface area contributed by atoms with E-state index in [1.54, 1.807) is 23.1 Å². The molecular weight excluding hydrogens is 459 g/mol. The number of anilines is 1. The quantitative estimate of drug-likeness (QED) is 0.427. The molecular formula is C26H20F3N3O3. The number of carbonyl (C=O) groups excluding carboxylic acids is 3. The topological polar surface area (TPSA) is 79.4 Å². The fourth-order valence-electron chi connectivity index (χ4n) is 3.95. The molecule has 2 aromatic carbocycles. The molecule has 0 saturated carbocycles. The van der Waals surface area contributed by atoms with Crippen LogP contribution in [0.2, 0.25) is 0 Å². The van der Waals surface area contributed by atoms with Gasteiger partial charge in [-0.3, -0.25) is 14.4 Å². The minimum absolute atomic E-state index is 0.163. The Balaban J connectivity index is 1.54. The number of nitrogens with one attached hydrogen (secondary N) is 1. The van der Waals surface area contributed by atoms with E-state index in [0.717, 1.165) is 29.3 Å². The highest BCUT2D eigenvalue weighted by molar-refractivity contribution is 6.10. The van der Waals surface area contributed by atoms with Crippen LogP contribution in [0.15, 0.2) is 73.4 Å². The molecule has 0 fully saturated rings. The smallest absolute Gasteiger partial charge is 0.334 e. The number of halogens is 3. The van der Waals surface area contributed by atoms with Gasteiger partial charge in [-0.1, -0.05) is 36.9 Å². The van der Waals surface area contributed by atoms with E-state index >= 15 is 0 Å². The van der Waals surface area contributed by atoms with Gasteiger partial charge in [0.1, 0.15) is 5.82 Å². The fraction of sp³-hybridized carbons (Fsp3) is 0.154. The summed E-state index contributed by atoms with van der Waals surface area (Å²) in [7, 11) is 0. The predicted octanol–water partition coefficient (Wildman–Crippen LogP) is 4.65. The number of benzene rings is 2. The lowest BCUT2D eigenvalue weighted by atomic mass is 9.90. The number of hydrogen-bond acceptors (Lipinski definition) is 4. The number of nitrogens with zero attached hydrogens (tertiary/aromatic N) is 2. The largest absolute Gasteiger partial charge is 0.416 e. The van der Waals surface area contributed by atoms with Crippen molar-refractivity contribution >= 4 is 23.4 Å². The van der Waals surface area contributed by atoms with E-state index in [-0.39, 0.29) is 29.6 Å². The first-order chi connectivity index (χ1) is 16.7. The Bertz CT molecular complexity index is 1320. The lowest BCUT2D eigenvalue weighted by Gasteiger charge is -2.30. The van der Waals surface area contributed by atoms with Crippen LogP contribution in [0.3, 0.4) is 0 Å². The summed E-state index contributed by atoms with van der Waals surface area (Å²) in [5, 5.41) is 2.51. The van der Waals surface area contributed by atoms with Crippen molar-refractivity contribution < 1.29 is 27.6 Å². The summed E-state index contributed by atoms with van der Waals surface area (Å²) in [5.41, 5.74) is 1.66. The molecule has 3 aromatic rings. The first-order valence-corrected chi connectivity index (χ1v) is 10.7. The van der Waals surface area contributed by atoms with Gasteiger partial charge >= 0.3 is 6.18 Å². The van der Waals surface area contributed by atoms with Crippen LogP contribution in [0.1, 0.15) is 43.0 Å². The molecule has 1 N–H and O–H groups in total. The highest BCUT2D eigenvalue weighted by atomic mass is 19.4. The number of pyridine rings is 1. The van der Waals surface area contributed by atoms with Gasteiger partial charge in [0.25, 0.3) is 5.91 Å². The second-order valence-corrected chi connectivity index (χ2v) is 7.95. The molecule has 0 bridgehead atoms. The summed E-state index contributed by atoms with van der Waals surface area (Å²) in [4.78, 5) is 43.3. The Hall–Kier alpha value is -4.27. The fourth-order valence-corrected chi connectivity index (χ4v) is 3.95. The Morgan fingerprint density at radius 2 is 1.77 bits per heavy atom. The molecule has 4 rings (SSSR count). The molecule has 35 heavy (non-hydrogen) atoms. The monoisotopic (exact) mass is 479 g/mol. The van der Waals surface area contributed by atoms with Crippen LogP contribution in [-0.4, -0.2) is 34.0 Å². The third-order valence-electron chi connectivity index (χ3n) is 5.72. The van der Waals surface area contributed by atoms with Crippen LogP contribution >= 0.6 is 0 Å². The van der Waals surface area contributed by atoms with Gasteiger partial charge in [-0.2, -0.15) is 13.2 Å². The molecule has 0 saturated heterocycles. The lowest BCUT2D eigenvalue weighted by Crippen LogP contribution is -2.36. The normalized spacial score (nSPS) is 13.1. The molecule has 0 atom stereocenters. The first kappa shape index (κ1) is 23.9. The summed E-state index contributed by atoms with van der Waals surface area (Å²) in [5.74, 6) is -0.847. The maximum atomic E-state index is 13.1. The summed E-state index contributed by atoms with van der Waals surface area (Å²) < 4.78 is 38.5. The van der Waals surface area contributed by atoms with Crippen LogP contribution in [0.4, 0.5) is 19.0 Å². The Morgan fingerprint density at radius 3 is 2.46 bits per heavy atom. The average molecular weight is 479 g/mol. The van der Waals surface area contributed by atoms with E-state index in [1.807, 2.05) is 6.07 Å². The van der Waals surface area contributed by atoms with E-state index < -0.39 is 17.6 Å². The van der Waals surface area contributed by atoms with Crippen molar-refractivity contribution in [3.63, 3.8) is 0 Å². The third kappa shape index (κ3) is 5.13. The maximum absolute atomic E-state index is 13.1. The number of alkyl halides is 3. The van der Waals surface area contributed by atoms with Gasteiger partial charge in [-0.15, -0.1) is 0 Å². The van der Waals surface area contributed by atoms with Gasteiger partial charge in [-0.05, 0) is 47.9 Å². The number of rotatable bonds is 5. The van der Waals surface area contributed by atoms with E-state index in [0.29, 0.717) is 24.1 Å². The number of carbonyl (C=O) groups is 3. The second-order valence-electron chi connectivity index (χ2n) is 7.95. The predicted molar refractivity (Wildman–Crippen MR) is 123 cm³/mol. The number of ketones is 1. The van der Waals surface area contributed by atoms with Crippen molar-refractivity contribution in [2.45, 2.75) is 19.1 Å². The van der Waals surface area contributed by atoms with Gasteiger partial charge in [0.15, 0.2) is 5.78 Å². The number of aromatic nitrogens is 1. The second kappa shape index (κ2) is 9.54. The SMILES string of the molecule is C=CC(=O)Nc1cc(C(=O)N2CCc3c(cccc3C(=O)c3ccc(C(F)(F)F)cc3)C2)ccn1. The third-order valence-corrected chi connectivity index (χ3v) is 5.72. The lowest BCUT2D eigenvalue weighted by molar-refractivity contribution is -0.137. The zero-order valence-corrected chi connectivity index (χ0v) is 18.4. The standard InChI is InChI=1S/C26H20F3N3O3/c1-2-23(33)31-22-14-17(10-12-30-22)25(35)32-13-11-20-18(15-32)4-3-5-21(20)24(34)16-6-8-19(9-7-16)26(27,28)29/h2-10,12,14H,1,11,13,15H2,(H,30,31,33). The molecule has 0 aliphatic carbocycles. The van der Waals surface area contributed by atoms with Crippen molar-refractivity contribution in [3.05, 3.63) is 107 Å². The van der Waals surface area contributed by atoms with Gasteiger partial charge in [0, 0.05) is 36.0 Å². The average Bonchev–Trinajstić information content (AvgIpc) is 2.86. The molecule has 0 radical (unpaired) electrons. The van der Waals surface area contributed by atoms with Gasteiger partial charge in [0.2, 0.25) is 5.91 Å². The molecule has 1 aliphatic heterocycles. The first-order valence-electron chi connectivity index (χ1n) is 10.7. The highest BCUT2D eigenvalue weighted by Gasteiger charge is 2.31. The molecule has 9 heteroatoms. The molecule has 2 heterocycles. The van der Waals surface area contributed by atoms with Crippen molar-refractivity contribution in [2.75, 3.05) is 11.9 Å². The Kier molecular flexibility index (Phi) is 6.50. The minimum Gasteiger partial charge on any atom is -0.334 e. The minimum atomic E-state index is -4.48. The van der Waals surface area contributed by atoms with Crippen LogP contribution < -0.4 is 5.32 Å².